The van der Waals surface area contributed by atoms with Crippen LogP contribution < -0.4 is 0 Å². The van der Waals surface area contributed by atoms with Gasteiger partial charge in [0.2, 0.25) is 0 Å². The van der Waals surface area contributed by atoms with Gasteiger partial charge in [0.15, 0.2) is 0 Å². The topological polar surface area (TPSA) is 57.6 Å². The molecule has 0 bridgehead atoms. The number of aryl methyl sites for hydroxylation is 1. The maximum absolute atomic E-state index is 12.6. The molecule has 1 fully saturated rings. The summed E-state index contributed by atoms with van der Waals surface area (Å²) in [5, 5.41) is 9.02. The standard InChI is InChI=1S/C16H21NO3S/c1-10-2-5-13-12(6-10)7-14(21-13)16(20)17(9-15(18)19)8-11-3-4-11/h7,10-11H,2-6,8-9H2,1H3,(H,18,19). The molecule has 1 heterocycles. The molecule has 3 rings (SSSR count). The lowest BCUT2D eigenvalue weighted by atomic mass is 9.90. The van der Waals surface area contributed by atoms with Crippen LogP contribution in [0.1, 0.15) is 46.3 Å². The third-order valence-electron chi connectivity index (χ3n) is 4.33. The Kier molecular flexibility index (Phi) is 4.02. The number of aliphatic carboxylic acids is 1. The van der Waals surface area contributed by atoms with Crippen LogP contribution in [0.4, 0.5) is 0 Å². The highest BCUT2D eigenvalue weighted by Gasteiger charge is 2.30. The molecule has 0 saturated heterocycles. The molecule has 1 saturated carbocycles. The van der Waals surface area contributed by atoms with Gasteiger partial charge in [-0.25, -0.2) is 0 Å². The molecule has 1 atom stereocenters. The van der Waals surface area contributed by atoms with E-state index in [1.165, 1.54) is 21.8 Å². The fourth-order valence-corrected chi connectivity index (χ4v) is 4.14. The lowest BCUT2D eigenvalue weighted by Crippen LogP contribution is -2.36. The van der Waals surface area contributed by atoms with Gasteiger partial charge in [-0.05, 0) is 55.6 Å². The number of hydrogen-bond donors (Lipinski definition) is 1. The second-order valence-corrected chi connectivity index (χ2v) is 7.57. The molecule has 1 unspecified atom stereocenters. The van der Waals surface area contributed by atoms with Gasteiger partial charge in [0.1, 0.15) is 6.54 Å². The summed E-state index contributed by atoms with van der Waals surface area (Å²) in [4.78, 5) is 27.2. The van der Waals surface area contributed by atoms with Gasteiger partial charge in [0.05, 0.1) is 4.88 Å². The molecule has 4 nitrogen and oxygen atoms in total. The van der Waals surface area contributed by atoms with Gasteiger partial charge >= 0.3 is 5.97 Å². The van der Waals surface area contributed by atoms with Crippen LogP contribution in [0.25, 0.3) is 0 Å². The van der Waals surface area contributed by atoms with Crippen molar-refractivity contribution in [3.05, 3.63) is 21.4 Å². The van der Waals surface area contributed by atoms with Gasteiger partial charge < -0.3 is 10.0 Å². The first-order valence-electron chi connectivity index (χ1n) is 7.65. The minimum atomic E-state index is -0.932. The number of thiophene rings is 1. The molecule has 2 aliphatic rings. The van der Waals surface area contributed by atoms with Crippen molar-refractivity contribution in [2.45, 2.75) is 39.0 Å². The number of rotatable bonds is 5. The highest BCUT2D eigenvalue weighted by atomic mass is 32.1. The van der Waals surface area contributed by atoms with Gasteiger partial charge in [0.25, 0.3) is 5.91 Å². The fraction of sp³-hybridized carbons (Fsp3) is 0.625. The molecular formula is C16H21NO3S. The Labute approximate surface area is 128 Å². The summed E-state index contributed by atoms with van der Waals surface area (Å²) in [6.07, 6.45) is 5.50. The Hall–Kier alpha value is -1.36. The number of fused-ring (bicyclic) bond motifs is 1. The zero-order valence-electron chi connectivity index (χ0n) is 12.3. The molecule has 1 aromatic heterocycles. The number of carbonyl (C=O) groups is 2. The predicted octanol–water partition coefficient (Wildman–Crippen LogP) is 2.81. The van der Waals surface area contributed by atoms with Gasteiger partial charge in [-0.15, -0.1) is 11.3 Å². The number of amides is 1. The second kappa shape index (κ2) is 5.79. The smallest absolute Gasteiger partial charge is 0.323 e. The SMILES string of the molecule is CC1CCc2sc(C(=O)N(CC(=O)O)CC3CC3)cc2C1. The van der Waals surface area contributed by atoms with Crippen LogP contribution in [-0.4, -0.2) is 35.0 Å². The summed E-state index contributed by atoms with van der Waals surface area (Å²) in [5.41, 5.74) is 1.30. The maximum atomic E-state index is 12.6. The minimum absolute atomic E-state index is 0.101. The van der Waals surface area contributed by atoms with Crippen LogP contribution in [0, 0.1) is 11.8 Å². The van der Waals surface area contributed by atoms with Crippen molar-refractivity contribution in [1.82, 2.24) is 4.90 Å². The van der Waals surface area contributed by atoms with Gasteiger partial charge in [0, 0.05) is 11.4 Å². The lowest BCUT2D eigenvalue weighted by molar-refractivity contribution is -0.137. The highest BCUT2D eigenvalue weighted by Crippen LogP contribution is 2.34. The van der Waals surface area contributed by atoms with E-state index in [4.69, 9.17) is 5.11 Å². The van der Waals surface area contributed by atoms with Crippen molar-refractivity contribution in [2.75, 3.05) is 13.1 Å². The fourth-order valence-electron chi connectivity index (χ4n) is 2.96. The van der Waals surface area contributed by atoms with E-state index in [1.807, 2.05) is 6.07 Å². The minimum Gasteiger partial charge on any atom is -0.480 e. The summed E-state index contributed by atoms with van der Waals surface area (Å²) in [5.74, 6) is 0.148. The lowest BCUT2D eigenvalue weighted by Gasteiger charge is -2.19. The summed E-state index contributed by atoms with van der Waals surface area (Å²) >= 11 is 1.56. The molecule has 114 valence electrons. The van der Waals surface area contributed by atoms with E-state index < -0.39 is 5.97 Å². The summed E-state index contributed by atoms with van der Waals surface area (Å²) in [7, 11) is 0. The van der Waals surface area contributed by atoms with Crippen LogP contribution in [0.15, 0.2) is 6.07 Å². The Morgan fingerprint density at radius 1 is 1.38 bits per heavy atom. The second-order valence-electron chi connectivity index (χ2n) is 6.43. The number of nitrogens with zero attached hydrogens (tertiary/aromatic N) is 1. The molecule has 0 spiro atoms. The molecule has 1 amide bonds. The Balaban J connectivity index is 1.76. The number of carboxylic acid groups (broad SMARTS) is 1. The maximum Gasteiger partial charge on any atom is 0.323 e. The largest absolute Gasteiger partial charge is 0.480 e. The molecule has 0 aromatic carbocycles. The quantitative estimate of drug-likeness (QED) is 0.910. The summed E-state index contributed by atoms with van der Waals surface area (Å²) < 4.78 is 0. The average Bonchev–Trinajstić information content (AvgIpc) is 3.13. The van der Waals surface area contributed by atoms with Crippen LogP contribution in [0.3, 0.4) is 0 Å². The average molecular weight is 307 g/mol. The van der Waals surface area contributed by atoms with E-state index >= 15 is 0 Å². The van der Waals surface area contributed by atoms with E-state index in [0.717, 1.165) is 30.6 Å². The van der Waals surface area contributed by atoms with E-state index in [2.05, 4.69) is 6.92 Å². The first kappa shape index (κ1) is 14.6. The van der Waals surface area contributed by atoms with E-state index in [9.17, 15) is 9.59 Å². The molecular weight excluding hydrogens is 286 g/mol. The third kappa shape index (κ3) is 3.46. The molecule has 1 aromatic rings. The predicted molar refractivity (Wildman–Crippen MR) is 81.8 cm³/mol. The van der Waals surface area contributed by atoms with Crippen LogP contribution in [0.5, 0.6) is 0 Å². The Morgan fingerprint density at radius 3 is 2.81 bits per heavy atom. The first-order valence-corrected chi connectivity index (χ1v) is 8.47. The normalized spacial score (nSPS) is 20.9. The van der Waals surface area contributed by atoms with Crippen molar-refractivity contribution in [2.24, 2.45) is 11.8 Å². The van der Waals surface area contributed by atoms with Gasteiger partial charge in [-0.1, -0.05) is 6.92 Å². The van der Waals surface area contributed by atoms with Gasteiger partial charge in [-0.2, -0.15) is 0 Å². The van der Waals surface area contributed by atoms with E-state index in [1.54, 1.807) is 11.3 Å². The van der Waals surface area contributed by atoms with Crippen molar-refractivity contribution in [3.8, 4) is 0 Å². The van der Waals surface area contributed by atoms with E-state index in [-0.39, 0.29) is 12.5 Å². The number of carboxylic acids is 1. The molecule has 21 heavy (non-hydrogen) atoms. The summed E-state index contributed by atoms with van der Waals surface area (Å²) in [6, 6.07) is 2.00. The monoisotopic (exact) mass is 307 g/mol. The molecule has 0 radical (unpaired) electrons. The van der Waals surface area contributed by atoms with Crippen LogP contribution in [-0.2, 0) is 17.6 Å². The van der Waals surface area contributed by atoms with Crippen molar-refractivity contribution in [1.29, 1.82) is 0 Å². The van der Waals surface area contributed by atoms with Crippen LogP contribution in [0.2, 0.25) is 0 Å². The number of hydrogen-bond acceptors (Lipinski definition) is 3. The Morgan fingerprint density at radius 2 is 2.14 bits per heavy atom. The highest BCUT2D eigenvalue weighted by molar-refractivity contribution is 7.14. The first-order chi connectivity index (χ1) is 10.0. The van der Waals surface area contributed by atoms with Crippen molar-refractivity contribution >= 4 is 23.2 Å². The molecule has 0 aliphatic heterocycles. The van der Waals surface area contributed by atoms with Crippen molar-refractivity contribution in [3.63, 3.8) is 0 Å². The zero-order valence-corrected chi connectivity index (χ0v) is 13.1. The number of carbonyl (C=O) groups excluding carboxylic acids is 1. The van der Waals surface area contributed by atoms with Crippen LogP contribution >= 0.6 is 11.3 Å². The summed E-state index contributed by atoms with van der Waals surface area (Å²) in [6.45, 7) is 2.64. The van der Waals surface area contributed by atoms with Gasteiger partial charge in [-0.3, -0.25) is 9.59 Å². The van der Waals surface area contributed by atoms with E-state index in [0.29, 0.717) is 18.4 Å². The molecule has 2 aliphatic carbocycles. The Bertz CT molecular complexity index is 562. The zero-order chi connectivity index (χ0) is 15.0. The third-order valence-corrected chi connectivity index (χ3v) is 5.55. The van der Waals surface area contributed by atoms with Crippen molar-refractivity contribution < 1.29 is 14.7 Å². The molecule has 1 N–H and O–H groups in total. The molecule has 5 heteroatoms.